The van der Waals surface area contributed by atoms with Gasteiger partial charge in [-0.1, -0.05) is 12.1 Å². The minimum absolute atomic E-state index is 0.0526. The van der Waals surface area contributed by atoms with Crippen LogP contribution in [-0.4, -0.2) is 55.4 Å². The van der Waals surface area contributed by atoms with Crippen LogP contribution in [0, 0.1) is 0 Å². The molecule has 110 valence electrons. The highest BCUT2D eigenvalue weighted by Gasteiger charge is 2.23. The number of benzene rings is 1. The number of aromatic hydroxyl groups is 1. The van der Waals surface area contributed by atoms with Crippen LogP contribution in [0.1, 0.15) is 12.0 Å². The lowest BCUT2D eigenvalue weighted by atomic mass is 10.1. The Morgan fingerprint density at radius 3 is 3.15 bits per heavy atom. The van der Waals surface area contributed by atoms with Crippen molar-refractivity contribution in [2.75, 3.05) is 33.4 Å². The van der Waals surface area contributed by atoms with Gasteiger partial charge in [0.2, 0.25) is 5.91 Å². The van der Waals surface area contributed by atoms with Crippen molar-refractivity contribution < 1.29 is 19.4 Å². The summed E-state index contributed by atoms with van der Waals surface area (Å²) in [5.41, 5.74) is 0.829. The van der Waals surface area contributed by atoms with Crippen LogP contribution in [0.5, 0.6) is 5.75 Å². The second-order valence-electron chi connectivity index (χ2n) is 4.96. The van der Waals surface area contributed by atoms with Gasteiger partial charge in [-0.3, -0.25) is 4.79 Å². The lowest BCUT2D eigenvalue weighted by molar-refractivity contribution is -0.138. The summed E-state index contributed by atoms with van der Waals surface area (Å²) in [6, 6.07) is 6.82. The molecule has 1 aliphatic rings. The molecule has 0 aromatic heterocycles. The van der Waals surface area contributed by atoms with E-state index in [2.05, 4.69) is 0 Å². The summed E-state index contributed by atoms with van der Waals surface area (Å²) in [6.45, 7) is 2.45. The minimum atomic E-state index is 0.0526. The second kappa shape index (κ2) is 7.26. The molecule has 20 heavy (non-hydrogen) atoms. The number of phenolic OH excluding ortho intramolecular Hbond substituents is 1. The standard InChI is InChI=1S/C15H21NO4/c1-19-7-5-14-11-16(6-8-20-14)15(18)10-12-3-2-4-13(17)9-12/h2-4,9,14,17H,5-8,10-11H2,1H3. The van der Waals surface area contributed by atoms with E-state index in [-0.39, 0.29) is 17.8 Å². The van der Waals surface area contributed by atoms with Gasteiger partial charge in [-0.05, 0) is 24.1 Å². The van der Waals surface area contributed by atoms with Crippen molar-refractivity contribution in [3.63, 3.8) is 0 Å². The molecule has 1 saturated heterocycles. The van der Waals surface area contributed by atoms with Gasteiger partial charge >= 0.3 is 0 Å². The highest BCUT2D eigenvalue weighted by Crippen LogP contribution is 2.14. The van der Waals surface area contributed by atoms with Crippen molar-refractivity contribution in [2.45, 2.75) is 18.9 Å². The fraction of sp³-hybridized carbons (Fsp3) is 0.533. The van der Waals surface area contributed by atoms with Gasteiger partial charge in [-0.2, -0.15) is 0 Å². The van der Waals surface area contributed by atoms with Gasteiger partial charge in [0.1, 0.15) is 5.75 Å². The van der Waals surface area contributed by atoms with Crippen LogP contribution >= 0.6 is 0 Å². The van der Waals surface area contributed by atoms with E-state index in [1.165, 1.54) is 0 Å². The first kappa shape index (κ1) is 14.8. The Morgan fingerprint density at radius 1 is 1.55 bits per heavy atom. The van der Waals surface area contributed by atoms with Crippen LogP contribution in [0.4, 0.5) is 0 Å². The highest BCUT2D eigenvalue weighted by atomic mass is 16.5. The first-order valence-electron chi connectivity index (χ1n) is 6.85. The molecule has 0 saturated carbocycles. The number of nitrogens with zero attached hydrogens (tertiary/aromatic N) is 1. The van der Waals surface area contributed by atoms with Crippen LogP contribution in [0.15, 0.2) is 24.3 Å². The van der Waals surface area contributed by atoms with Crippen LogP contribution in [0.2, 0.25) is 0 Å². The van der Waals surface area contributed by atoms with Crippen LogP contribution in [0.3, 0.4) is 0 Å². The van der Waals surface area contributed by atoms with Gasteiger partial charge in [-0.15, -0.1) is 0 Å². The predicted molar refractivity (Wildman–Crippen MR) is 74.6 cm³/mol. The normalized spacial score (nSPS) is 19.1. The van der Waals surface area contributed by atoms with E-state index in [1.54, 1.807) is 25.3 Å². The lowest BCUT2D eigenvalue weighted by Crippen LogP contribution is -2.46. The number of phenols is 1. The van der Waals surface area contributed by atoms with Gasteiger partial charge in [0.15, 0.2) is 0 Å². The van der Waals surface area contributed by atoms with E-state index in [9.17, 15) is 9.90 Å². The number of carbonyl (C=O) groups is 1. The quantitative estimate of drug-likeness (QED) is 0.880. The zero-order valence-corrected chi connectivity index (χ0v) is 11.7. The van der Waals surface area contributed by atoms with Gasteiger partial charge in [0.25, 0.3) is 0 Å². The predicted octanol–water partition coefficient (Wildman–Crippen LogP) is 1.20. The number of carbonyl (C=O) groups excluding carboxylic acids is 1. The average molecular weight is 279 g/mol. The molecular formula is C15H21NO4. The summed E-state index contributed by atoms with van der Waals surface area (Å²) in [4.78, 5) is 14.1. The third-order valence-corrected chi connectivity index (χ3v) is 3.40. The maximum absolute atomic E-state index is 12.3. The molecule has 0 spiro atoms. The van der Waals surface area contributed by atoms with Crippen molar-refractivity contribution in [3.8, 4) is 5.75 Å². The maximum atomic E-state index is 12.3. The topological polar surface area (TPSA) is 59.0 Å². The number of hydrogen-bond acceptors (Lipinski definition) is 4. The Bertz CT molecular complexity index is 449. The molecule has 0 aliphatic carbocycles. The maximum Gasteiger partial charge on any atom is 0.227 e. The summed E-state index contributed by atoms with van der Waals surface area (Å²) in [7, 11) is 1.66. The SMILES string of the molecule is COCCC1CN(C(=O)Cc2cccc(O)c2)CCO1. The number of amides is 1. The molecule has 1 amide bonds. The smallest absolute Gasteiger partial charge is 0.227 e. The van der Waals surface area contributed by atoms with E-state index >= 15 is 0 Å². The molecule has 5 heteroatoms. The third kappa shape index (κ3) is 4.21. The van der Waals surface area contributed by atoms with Crippen molar-refractivity contribution >= 4 is 5.91 Å². The Balaban J connectivity index is 1.88. The van der Waals surface area contributed by atoms with Crippen molar-refractivity contribution in [1.29, 1.82) is 0 Å². The molecule has 1 heterocycles. The molecule has 0 radical (unpaired) electrons. The van der Waals surface area contributed by atoms with Gasteiger partial charge in [0.05, 0.1) is 19.1 Å². The lowest BCUT2D eigenvalue weighted by Gasteiger charge is -2.33. The molecule has 1 N–H and O–H groups in total. The minimum Gasteiger partial charge on any atom is -0.508 e. The summed E-state index contributed by atoms with van der Waals surface area (Å²) in [5, 5.41) is 9.42. The molecule has 1 atom stereocenters. The molecular weight excluding hydrogens is 258 g/mol. The van der Waals surface area contributed by atoms with Gasteiger partial charge in [-0.25, -0.2) is 0 Å². The fourth-order valence-electron chi connectivity index (χ4n) is 2.32. The molecule has 1 fully saturated rings. The molecule has 1 aromatic rings. The molecule has 1 aliphatic heterocycles. The Morgan fingerprint density at radius 2 is 2.40 bits per heavy atom. The van der Waals surface area contributed by atoms with Gasteiger partial charge in [0, 0.05) is 26.8 Å². The first-order chi connectivity index (χ1) is 9.69. The summed E-state index contributed by atoms with van der Waals surface area (Å²) in [6.07, 6.45) is 1.16. The van der Waals surface area contributed by atoms with Crippen molar-refractivity contribution in [2.24, 2.45) is 0 Å². The zero-order valence-electron chi connectivity index (χ0n) is 11.7. The van der Waals surface area contributed by atoms with E-state index in [4.69, 9.17) is 9.47 Å². The molecule has 1 unspecified atom stereocenters. The average Bonchev–Trinajstić information content (AvgIpc) is 2.45. The van der Waals surface area contributed by atoms with E-state index < -0.39 is 0 Å². The van der Waals surface area contributed by atoms with Crippen LogP contribution in [0.25, 0.3) is 0 Å². The number of rotatable bonds is 5. The largest absolute Gasteiger partial charge is 0.508 e. The highest BCUT2D eigenvalue weighted by molar-refractivity contribution is 5.79. The third-order valence-electron chi connectivity index (χ3n) is 3.40. The second-order valence-corrected chi connectivity index (χ2v) is 4.96. The number of morpholine rings is 1. The van der Waals surface area contributed by atoms with Crippen molar-refractivity contribution in [1.82, 2.24) is 4.90 Å². The molecule has 0 bridgehead atoms. The van der Waals surface area contributed by atoms with Crippen molar-refractivity contribution in [3.05, 3.63) is 29.8 Å². The first-order valence-corrected chi connectivity index (χ1v) is 6.85. The zero-order chi connectivity index (χ0) is 14.4. The fourth-order valence-corrected chi connectivity index (χ4v) is 2.32. The molecule has 5 nitrogen and oxygen atoms in total. The Kier molecular flexibility index (Phi) is 5.38. The number of methoxy groups -OCH3 is 1. The molecule has 2 rings (SSSR count). The number of ether oxygens (including phenoxy) is 2. The monoisotopic (exact) mass is 279 g/mol. The summed E-state index contributed by atoms with van der Waals surface area (Å²) < 4.78 is 10.7. The Labute approximate surface area is 119 Å². The van der Waals surface area contributed by atoms with Gasteiger partial charge < -0.3 is 19.5 Å². The summed E-state index contributed by atoms with van der Waals surface area (Å²) in [5.74, 6) is 0.261. The molecule has 1 aromatic carbocycles. The Hall–Kier alpha value is -1.59. The van der Waals surface area contributed by atoms with E-state index in [1.807, 2.05) is 11.0 Å². The number of hydrogen-bond donors (Lipinski definition) is 1. The summed E-state index contributed by atoms with van der Waals surface area (Å²) >= 11 is 0. The van der Waals surface area contributed by atoms with E-state index in [0.29, 0.717) is 32.7 Å². The van der Waals surface area contributed by atoms with Crippen LogP contribution in [-0.2, 0) is 20.7 Å². The van der Waals surface area contributed by atoms with Crippen LogP contribution < -0.4 is 0 Å². The van der Waals surface area contributed by atoms with E-state index in [0.717, 1.165) is 12.0 Å².